The molecule has 0 saturated heterocycles. The fourth-order valence-corrected chi connectivity index (χ4v) is 5.49. The van der Waals surface area contributed by atoms with Crippen LogP contribution in [0.15, 0.2) is 125 Å². The van der Waals surface area contributed by atoms with E-state index in [1.54, 1.807) is 6.07 Å². The number of hydrogen-bond donors (Lipinski definition) is 0. The fraction of sp³-hybridized carbons (Fsp3) is 0.0303. The van der Waals surface area contributed by atoms with Crippen molar-refractivity contribution in [3.8, 4) is 0 Å². The molecule has 0 amide bonds. The molecule has 0 aliphatic rings. The number of hydrogen-bond acceptors (Lipinski definition) is 3. The largest absolute Gasteiger partial charge is 0.310 e. The number of anilines is 3. The third-order valence-electron chi connectivity index (χ3n) is 7.17. The van der Waals surface area contributed by atoms with E-state index in [-0.39, 0.29) is 10.9 Å². The summed E-state index contributed by atoms with van der Waals surface area (Å²) in [6, 6.07) is 37.4. The van der Waals surface area contributed by atoms with Gasteiger partial charge in [-0.05, 0) is 67.6 Å². The van der Waals surface area contributed by atoms with E-state index in [0.29, 0.717) is 27.1 Å². The van der Waals surface area contributed by atoms with Crippen molar-refractivity contribution in [2.45, 2.75) is 6.92 Å². The maximum atomic E-state index is 14.2. The van der Waals surface area contributed by atoms with Gasteiger partial charge in [0.2, 0.25) is 0 Å². The number of aromatic nitrogens is 1. The molecule has 0 radical (unpaired) electrons. The summed E-state index contributed by atoms with van der Waals surface area (Å²) in [7, 11) is 0. The van der Waals surface area contributed by atoms with Crippen molar-refractivity contribution < 1.29 is 0 Å². The monoisotopic (exact) mass is 478 g/mol. The van der Waals surface area contributed by atoms with E-state index in [1.807, 2.05) is 84.9 Å². The third kappa shape index (κ3) is 3.09. The van der Waals surface area contributed by atoms with E-state index in [4.69, 9.17) is 0 Å². The summed E-state index contributed by atoms with van der Waals surface area (Å²) in [5.41, 5.74) is 5.98. The molecular weight excluding hydrogens is 456 g/mol. The van der Waals surface area contributed by atoms with Gasteiger partial charge in [-0.3, -0.25) is 9.59 Å². The summed E-state index contributed by atoms with van der Waals surface area (Å²) in [5.74, 6) is 0. The van der Waals surface area contributed by atoms with Crippen molar-refractivity contribution in [3.05, 3.63) is 141 Å². The van der Waals surface area contributed by atoms with Gasteiger partial charge in [0, 0.05) is 27.5 Å². The summed E-state index contributed by atoms with van der Waals surface area (Å²) < 4.78 is 2.08. The van der Waals surface area contributed by atoms with Gasteiger partial charge in [-0.15, -0.1) is 0 Å². The third-order valence-corrected chi connectivity index (χ3v) is 7.17. The summed E-state index contributed by atoms with van der Waals surface area (Å²) in [4.78, 5) is 29.8. The Morgan fingerprint density at radius 1 is 0.541 bits per heavy atom. The Morgan fingerprint density at radius 2 is 1.14 bits per heavy atom. The molecule has 4 nitrogen and oxygen atoms in total. The molecular formula is C33H22N2O2. The van der Waals surface area contributed by atoms with E-state index in [9.17, 15) is 9.59 Å². The summed E-state index contributed by atoms with van der Waals surface area (Å²) in [5, 5.41) is 2.34. The van der Waals surface area contributed by atoms with E-state index in [0.717, 1.165) is 28.1 Å². The van der Waals surface area contributed by atoms with Crippen LogP contribution in [-0.2, 0) is 0 Å². The molecule has 0 unspecified atom stereocenters. The van der Waals surface area contributed by atoms with Crippen LogP contribution in [0.25, 0.3) is 38.1 Å². The lowest BCUT2D eigenvalue weighted by Crippen LogP contribution is -2.17. The fourth-order valence-electron chi connectivity index (χ4n) is 5.49. The Kier molecular flexibility index (Phi) is 4.63. The topological polar surface area (TPSA) is 41.8 Å². The maximum absolute atomic E-state index is 14.2. The Morgan fingerprint density at radius 3 is 1.92 bits per heavy atom. The summed E-state index contributed by atoms with van der Waals surface area (Å²) in [6.07, 6.45) is 0. The molecule has 0 spiro atoms. The molecule has 0 atom stereocenters. The highest BCUT2D eigenvalue weighted by Gasteiger charge is 2.22. The van der Waals surface area contributed by atoms with Crippen LogP contribution in [0.1, 0.15) is 5.56 Å². The second-order valence-corrected chi connectivity index (χ2v) is 9.39. The number of fused-ring (bicyclic) bond motifs is 4. The van der Waals surface area contributed by atoms with Crippen LogP contribution >= 0.6 is 0 Å². The molecule has 7 aromatic rings. The quantitative estimate of drug-likeness (QED) is 0.197. The molecule has 0 saturated carbocycles. The summed E-state index contributed by atoms with van der Waals surface area (Å²) >= 11 is 0. The lowest BCUT2D eigenvalue weighted by molar-refractivity contribution is 1.27. The molecule has 37 heavy (non-hydrogen) atoms. The number of aryl methyl sites for hydroxylation is 1. The first kappa shape index (κ1) is 21.3. The van der Waals surface area contributed by atoms with Crippen molar-refractivity contribution in [1.82, 2.24) is 4.40 Å². The molecule has 2 aromatic heterocycles. The second-order valence-electron chi connectivity index (χ2n) is 9.39. The first-order chi connectivity index (χ1) is 18.1. The standard InChI is InChI=1S/C33H22N2O2/c1-21-17-19-23(20-18-21)34(22-9-3-2-4-10-22)28-15-8-16-29-30(28)33(37)26-13-7-12-25-31(26)35(29)27-14-6-5-11-24(27)32(25)36/h2-20H,1H3. The Labute approximate surface area is 212 Å². The zero-order valence-electron chi connectivity index (χ0n) is 20.2. The highest BCUT2D eigenvalue weighted by molar-refractivity contribution is 6.10. The average Bonchev–Trinajstić information content (AvgIpc) is 2.94. The minimum atomic E-state index is -0.0843. The zero-order chi connectivity index (χ0) is 25.1. The van der Waals surface area contributed by atoms with Gasteiger partial charge >= 0.3 is 0 Å². The van der Waals surface area contributed by atoms with Gasteiger partial charge in [-0.1, -0.05) is 60.2 Å². The van der Waals surface area contributed by atoms with Crippen molar-refractivity contribution >= 4 is 55.2 Å². The number of para-hydroxylation sites is 3. The van der Waals surface area contributed by atoms with Crippen LogP contribution in [0.3, 0.4) is 0 Å². The van der Waals surface area contributed by atoms with E-state index in [2.05, 4.69) is 40.5 Å². The first-order valence-electron chi connectivity index (χ1n) is 12.3. The highest BCUT2D eigenvalue weighted by atomic mass is 16.1. The SMILES string of the molecule is Cc1ccc(N(c2ccccc2)c2cccc3c2c(=O)c2cccc4c(=O)c5ccccc5n3c42)cc1. The molecule has 7 rings (SSSR count). The van der Waals surface area contributed by atoms with E-state index < -0.39 is 0 Å². The number of pyridine rings is 2. The van der Waals surface area contributed by atoms with Crippen LogP contribution in [0.2, 0.25) is 0 Å². The highest BCUT2D eigenvalue weighted by Crippen LogP contribution is 2.39. The maximum Gasteiger partial charge on any atom is 0.199 e. The normalized spacial score (nSPS) is 11.6. The Balaban J connectivity index is 1.70. The van der Waals surface area contributed by atoms with Gasteiger partial charge in [0.25, 0.3) is 0 Å². The first-order valence-corrected chi connectivity index (χ1v) is 12.3. The molecule has 5 aromatic carbocycles. The van der Waals surface area contributed by atoms with E-state index in [1.165, 1.54) is 5.56 Å². The van der Waals surface area contributed by atoms with Crippen LogP contribution in [0, 0.1) is 6.92 Å². The Hall–Kier alpha value is -4.96. The molecule has 0 aliphatic heterocycles. The van der Waals surface area contributed by atoms with Crippen molar-refractivity contribution in [2.24, 2.45) is 0 Å². The summed E-state index contributed by atoms with van der Waals surface area (Å²) in [6.45, 7) is 2.06. The molecule has 0 N–H and O–H groups in total. The lowest BCUT2D eigenvalue weighted by Gasteiger charge is -2.27. The van der Waals surface area contributed by atoms with Crippen molar-refractivity contribution in [2.75, 3.05) is 4.90 Å². The van der Waals surface area contributed by atoms with Gasteiger partial charge in [-0.2, -0.15) is 0 Å². The van der Waals surface area contributed by atoms with Gasteiger partial charge in [-0.25, -0.2) is 0 Å². The Bertz CT molecular complexity index is 2080. The van der Waals surface area contributed by atoms with Crippen molar-refractivity contribution in [1.29, 1.82) is 0 Å². The van der Waals surface area contributed by atoms with Gasteiger partial charge in [0.05, 0.1) is 27.6 Å². The minimum absolute atomic E-state index is 0.0540. The molecule has 0 fully saturated rings. The van der Waals surface area contributed by atoms with E-state index >= 15 is 0 Å². The molecule has 4 heteroatoms. The average molecular weight is 479 g/mol. The smallest absolute Gasteiger partial charge is 0.199 e. The number of benzene rings is 5. The van der Waals surface area contributed by atoms with Crippen LogP contribution < -0.4 is 15.8 Å². The molecule has 0 bridgehead atoms. The lowest BCUT2D eigenvalue weighted by atomic mass is 10.0. The number of nitrogens with zero attached hydrogens (tertiary/aromatic N) is 2. The number of rotatable bonds is 3. The van der Waals surface area contributed by atoms with Gasteiger partial charge in [0.1, 0.15) is 0 Å². The molecule has 176 valence electrons. The predicted molar refractivity (Wildman–Crippen MR) is 153 cm³/mol. The predicted octanol–water partition coefficient (Wildman–Crippen LogP) is 7.34. The zero-order valence-corrected chi connectivity index (χ0v) is 20.2. The minimum Gasteiger partial charge on any atom is -0.310 e. The van der Waals surface area contributed by atoms with Crippen LogP contribution in [0.5, 0.6) is 0 Å². The van der Waals surface area contributed by atoms with Crippen molar-refractivity contribution in [3.63, 3.8) is 0 Å². The molecule has 2 heterocycles. The second kappa shape index (κ2) is 8.04. The van der Waals surface area contributed by atoms with Gasteiger partial charge in [0.15, 0.2) is 10.9 Å². The molecule has 0 aliphatic carbocycles. The van der Waals surface area contributed by atoms with Crippen LogP contribution in [0.4, 0.5) is 17.1 Å². The van der Waals surface area contributed by atoms with Gasteiger partial charge < -0.3 is 9.30 Å². The van der Waals surface area contributed by atoms with Crippen LogP contribution in [-0.4, -0.2) is 4.40 Å².